The van der Waals surface area contributed by atoms with E-state index in [1.54, 1.807) is 12.1 Å². The molecule has 32 heteroatoms. The highest BCUT2D eigenvalue weighted by Crippen LogP contribution is 2.49. The van der Waals surface area contributed by atoms with Gasteiger partial charge >= 0.3 is 42.4 Å². The maximum atomic E-state index is 12.9. The SMILES string of the molecule is CCCC(=O)c1cc(-c2cc3c(c4ccccc24)N=C(C)C3(C)C)cc(C(=O)CCC)n1.CCCC(=O)c1cc(-c2cc3c(c4ccccc24)[N+](CCCS(=O)(=O)[O-])=C(C)C3(C)C)cc(C(=O)CCC)n1.O=S(=O)=O.O=S(=O)=O.O=S(=O)=O.O=S(=O)=O.O=S1(=O)CCCO1. The van der Waals surface area contributed by atoms with Crippen LogP contribution < -0.4 is 0 Å². The van der Waals surface area contributed by atoms with E-state index in [-0.39, 0.29) is 46.1 Å². The molecular weight excluding hydrogens is 1350 g/mol. The van der Waals surface area contributed by atoms with E-state index in [2.05, 4.69) is 77.6 Å². The summed E-state index contributed by atoms with van der Waals surface area (Å²) in [5.41, 5.74) is 10.8. The van der Waals surface area contributed by atoms with Gasteiger partial charge in [0.1, 0.15) is 29.3 Å². The maximum Gasteiger partial charge on any atom is 0.425 e. The molecule has 3 aliphatic rings. The van der Waals surface area contributed by atoms with Crippen LogP contribution in [-0.4, -0.2) is 146 Å². The summed E-state index contributed by atoms with van der Waals surface area (Å²) in [5, 5.41) is 4.09. The zero-order valence-corrected chi connectivity index (χ0v) is 58.1. The van der Waals surface area contributed by atoms with Gasteiger partial charge in [-0.2, -0.15) is 13.0 Å². The van der Waals surface area contributed by atoms with E-state index in [4.69, 9.17) is 55.5 Å². The number of benzene rings is 4. The van der Waals surface area contributed by atoms with Gasteiger partial charge in [0.25, 0.3) is 10.1 Å². The molecule has 0 bridgehead atoms. The van der Waals surface area contributed by atoms with Crippen LogP contribution in [0.2, 0.25) is 0 Å². The van der Waals surface area contributed by atoms with Gasteiger partial charge in [0.05, 0.1) is 39.0 Å². The molecule has 94 heavy (non-hydrogen) atoms. The van der Waals surface area contributed by atoms with Crippen molar-refractivity contribution in [3.8, 4) is 22.3 Å². The molecule has 0 atom stereocenters. The molecule has 0 N–H and O–H groups in total. The molecule has 0 aliphatic carbocycles. The van der Waals surface area contributed by atoms with Crippen molar-refractivity contribution in [2.45, 2.75) is 144 Å². The van der Waals surface area contributed by atoms with Gasteiger partial charge in [-0.15, -0.1) is 50.5 Å². The standard InChI is InChI=1S/C31H36N2O5S.C28H30N2O2.C3H6O3S.4O3S/c1-6-11-28(34)26-17-21(18-27(32-26)29(35)12-7-2)24-19-25-30(23-14-9-8-13-22(23)24)33(20(3)31(25,4)5)15-10-16-39(36,37)38;1-6-10-25(31)23-14-18(15-24(30-23)26(32)11-7-2)21-16-22-27(29-17(3)28(22,4)5)20-13-9-8-12-19(20)21;4-7(5)3-1-2-6-7;4*1-4(2)3/h8-9,13-14,17-19H,6-7,10-12,15-16H2,1-5H3;8-9,12-16H,6-7,10-11H2,1-5H3;1-3H2;;;;. The topological polar surface area (TPSA) is 415 Å². The highest BCUT2D eigenvalue weighted by molar-refractivity contribution is 7.86. The van der Waals surface area contributed by atoms with Crippen molar-refractivity contribution in [3.63, 3.8) is 0 Å². The molecule has 1 fully saturated rings. The summed E-state index contributed by atoms with van der Waals surface area (Å²) >= 11 is 0. The Morgan fingerprint density at radius 3 is 1.23 bits per heavy atom. The molecule has 0 radical (unpaired) electrons. The Kier molecular flexibility index (Phi) is 30.8. The molecule has 5 heterocycles. The third kappa shape index (κ3) is 23.2. The van der Waals surface area contributed by atoms with Crippen LogP contribution in [-0.2, 0) is 77.7 Å². The predicted molar refractivity (Wildman–Crippen MR) is 348 cm³/mol. The lowest BCUT2D eigenvalue weighted by molar-refractivity contribution is -0.437. The first kappa shape index (κ1) is 80.3. The van der Waals surface area contributed by atoms with Gasteiger partial charge in [0, 0.05) is 66.9 Å². The highest BCUT2D eigenvalue weighted by atomic mass is 32.2. The number of hydrogen-bond donors (Lipinski definition) is 0. The summed E-state index contributed by atoms with van der Waals surface area (Å²) in [6.07, 6.45) is 5.31. The van der Waals surface area contributed by atoms with E-state index in [1.807, 2.05) is 83.1 Å². The minimum Gasteiger partial charge on any atom is -0.748 e. The summed E-state index contributed by atoms with van der Waals surface area (Å²) in [6.45, 7) is 21.4. The lowest BCUT2D eigenvalue weighted by Crippen LogP contribution is -2.27. The number of nitrogens with zero attached hydrogens (tertiary/aromatic N) is 4. The second kappa shape index (κ2) is 36.1. The van der Waals surface area contributed by atoms with Crippen LogP contribution in [0.15, 0.2) is 89.9 Å². The van der Waals surface area contributed by atoms with E-state index >= 15 is 0 Å². The van der Waals surface area contributed by atoms with Gasteiger partial charge in [0.2, 0.25) is 5.69 Å². The molecule has 508 valence electrons. The number of pyridine rings is 2. The van der Waals surface area contributed by atoms with E-state index in [1.165, 1.54) is 5.56 Å². The van der Waals surface area contributed by atoms with Gasteiger partial charge in [-0.05, 0) is 134 Å². The number of carbonyl (C=O) groups is 4. The van der Waals surface area contributed by atoms with Crippen LogP contribution in [0, 0.1) is 0 Å². The number of ketones is 4. The highest BCUT2D eigenvalue weighted by Gasteiger charge is 2.45. The number of rotatable bonds is 18. The van der Waals surface area contributed by atoms with Crippen molar-refractivity contribution in [2.75, 3.05) is 24.7 Å². The van der Waals surface area contributed by atoms with Gasteiger partial charge in [-0.1, -0.05) is 84.0 Å². The van der Waals surface area contributed by atoms with E-state index in [9.17, 15) is 40.6 Å². The number of hydrogen-bond acceptors (Lipinski definition) is 25. The van der Waals surface area contributed by atoms with E-state index in [0.29, 0.717) is 80.9 Å². The van der Waals surface area contributed by atoms with E-state index in [0.717, 1.165) is 85.0 Å². The molecule has 2 aromatic heterocycles. The Morgan fingerprint density at radius 2 is 0.904 bits per heavy atom. The molecule has 0 amide bonds. The average Bonchev–Trinajstić information content (AvgIpc) is 1.53. The smallest absolute Gasteiger partial charge is 0.425 e. The molecule has 0 spiro atoms. The van der Waals surface area contributed by atoms with Crippen LogP contribution in [0.5, 0.6) is 0 Å². The third-order valence-corrected chi connectivity index (χ3v) is 17.1. The largest absolute Gasteiger partial charge is 0.748 e. The van der Waals surface area contributed by atoms with Gasteiger partial charge in [-0.25, -0.2) is 18.4 Å². The monoisotopic (exact) mass is 1420 g/mol. The van der Waals surface area contributed by atoms with Gasteiger partial charge in [0.15, 0.2) is 28.8 Å². The number of aromatic nitrogens is 2. The van der Waals surface area contributed by atoms with Crippen LogP contribution in [0.1, 0.15) is 187 Å². The van der Waals surface area contributed by atoms with Crippen molar-refractivity contribution < 1.29 is 99.8 Å². The molecule has 1 saturated heterocycles. The van der Waals surface area contributed by atoms with Crippen LogP contribution in [0.25, 0.3) is 43.8 Å². The Labute approximate surface area is 551 Å². The molecule has 4 aromatic carbocycles. The van der Waals surface area contributed by atoms with Gasteiger partial charge in [-0.3, -0.25) is 28.4 Å². The summed E-state index contributed by atoms with van der Waals surface area (Å²) in [5.74, 6) is -0.427. The van der Waals surface area contributed by atoms with Crippen molar-refractivity contribution in [3.05, 3.63) is 119 Å². The Balaban J connectivity index is 0.000000370. The molecule has 9 rings (SSSR count). The first-order chi connectivity index (χ1) is 43.8. The van der Waals surface area contributed by atoms with Crippen LogP contribution in [0.4, 0.5) is 11.4 Å². The Morgan fingerprint density at radius 1 is 0.553 bits per heavy atom. The van der Waals surface area contributed by atoms with Crippen molar-refractivity contribution in [2.24, 2.45) is 4.99 Å². The van der Waals surface area contributed by atoms with E-state index < -0.39 is 68.4 Å². The molecular formula is C62H72N4O22S6. The molecule has 0 unspecified atom stereocenters. The predicted octanol–water partition coefficient (Wildman–Crippen LogP) is 9.17. The van der Waals surface area contributed by atoms with Crippen LogP contribution >= 0.6 is 0 Å². The molecule has 0 saturated carbocycles. The van der Waals surface area contributed by atoms with Crippen LogP contribution in [0.3, 0.4) is 0 Å². The number of aliphatic imine (C=N–C) groups is 1. The fourth-order valence-electron chi connectivity index (χ4n) is 10.3. The normalized spacial score (nSPS) is 14.1. The first-order valence-corrected chi connectivity index (χ1v) is 36.3. The summed E-state index contributed by atoms with van der Waals surface area (Å²) in [6, 6.07) is 27.8. The lowest BCUT2D eigenvalue weighted by atomic mass is 9.79. The number of fused-ring (bicyclic) bond motifs is 6. The number of Topliss-reactive ketones (excluding diaryl/α,β-unsaturated/α-hetero) is 4. The minimum absolute atomic E-state index is 0.0233. The van der Waals surface area contributed by atoms with Crippen molar-refractivity contribution >= 4 is 130 Å². The fraction of sp³-hybridized carbons (Fsp3) is 0.419. The second-order valence-electron chi connectivity index (χ2n) is 22.2. The second-order valence-corrected chi connectivity index (χ2v) is 27.1. The fourth-order valence-corrected chi connectivity index (χ4v) is 11.7. The Hall–Kier alpha value is -7.98. The van der Waals surface area contributed by atoms with Gasteiger partial charge < -0.3 is 4.55 Å². The summed E-state index contributed by atoms with van der Waals surface area (Å²) in [4.78, 5) is 65.2. The maximum absolute atomic E-state index is 12.9. The van der Waals surface area contributed by atoms with Crippen molar-refractivity contribution in [1.82, 2.24) is 9.97 Å². The summed E-state index contributed by atoms with van der Waals surface area (Å²) in [7, 11) is -19.8. The third-order valence-electron chi connectivity index (χ3n) is 15.0. The minimum atomic E-state index is -4.30. The lowest BCUT2D eigenvalue weighted by Gasteiger charge is -2.22. The zero-order chi connectivity index (χ0) is 71.2. The molecule has 6 aromatic rings. The summed E-state index contributed by atoms with van der Waals surface area (Å²) < 4.78 is 162. The molecule has 3 aliphatic heterocycles. The molecule has 26 nitrogen and oxygen atoms in total. The first-order valence-electron chi connectivity index (χ1n) is 29.1. The quantitative estimate of drug-likeness (QED) is 0.0335. The zero-order valence-electron chi connectivity index (χ0n) is 53.2. The average molecular weight is 1420 g/mol. The van der Waals surface area contributed by atoms with Crippen molar-refractivity contribution in [1.29, 1.82) is 0 Å². The number of carbonyl (C=O) groups excluding carboxylic acids is 4. The Bertz CT molecular complexity index is 4440.